The summed E-state index contributed by atoms with van der Waals surface area (Å²) in [5.41, 5.74) is 7.14. The lowest BCUT2D eigenvalue weighted by molar-refractivity contribution is 0.544. The normalized spacial score (nSPS) is 11.1. The van der Waals surface area contributed by atoms with Crippen molar-refractivity contribution in [2.75, 3.05) is 5.73 Å². The predicted octanol–water partition coefficient (Wildman–Crippen LogP) is 2.36. The number of hydrogen-bond donors (Lipinski definition) is 1. The molecule has 3 aromatic rings. The van der Waals surface area contributed by atoms with Crippen molar-refractivity contribution in [1.29, 1.82) is 0 Å². The second kappa shape index (κ2) is 3.34. The maximum absolute atomic E-state index is 5.62. The number of rotatable bonds is 1. The van der Waals surface area contributed by atoms with Gasteiger partial charge in [-0.05, 0) is 28.1 Å². The minimum atomic E-state index is 0.401. The largest absolute Gasteiger partial charge is 0.422 e. The van der Waals surface area contributed by atoms with Crippen LogP contribution in [0.1, 0.15) is 0 Å². The molecule has 0 radical (unpaired) electrons. The fourth-order valence-corrected chi connectivity index (χ4v) is 1.70. The highest BCUT2D eigenvalue weighted by atomic mass is 79.9. The molecule has 6 heteroatoms. The third-order valence-corrected chi connectivity index (χ3v) is 2.79. The molecular weight excluding hydrogens is 272 g/mol. The number of fused-ring (bicyclic) bond motifs is 1. The lowest BCUT2D eigenvalue weighted by atomic mass is 10.3. The molecule has 0 fully saturated rings. The van der Waals surface area contributed by atoms with Gasteiger partial charge in [0, 0.05) is 0 Å². The summed E-state index contributed by atoms with van der Waals surface area (Å²) in [5, 5.41) is 4.07. The van der Waals surface area contributed by atoms with E-state index in [1.54, 1.807) is 6.20 Å². The first-order valence-corrected chi connectivity index (χ1v) is 5.40. The molecule has 0 unspecified atom stereocenters. The summed E-state index contributed by atoms with van der Waals surface area (Å²) in [4.78, 5) is 4.29. The van der Waals surface area contributed by atoms with Crippen molar-refractivity contribution in [2.45, 2.75) is 0 Å². The van der Waals surface area contributed by atoms with Crippen LogP contribution in [0.25, 0.3) is 17.1 Å². The summed E-state index contributed by atoms with van der Waals surface area (Å²) in [6, 6.07) is 7.93. The van der Waals surface area contributed by atoms with Crippen LogP contribution in [0, 0.1) is 0 Å². The molecule has 0 amide bonds. The van der Waals surface area contributed by atoms with Crippen molar-refractivity contribution < 1.29 is 4.42 Å². The summed E-state index contributed by atoms with van der Waals surface area (Å²) in [5.74, 6) is 0.405. The molecule has 0 saturated carbocycles. The molecule has 0 bridgehead atoms. The van der Waals surface area contributed by atoms with Crippen LogP contribution in [0.4, 0.5) is 5.82 Å². The summed E-state index contributed by atoms with van der Waals surface area (Å²) in [7, 11) is 0. The highest BCUT2D eigenvalue weighted by Crippen LogP contribution is 2.21. The quantitative estimate of drug-likeness (QED) is 0.742. The average Bonchev–Trinajstić information content (AvgIpc) is 2.83. The van der Waals surface area contributed by atoms with Crippen LogP contribution in [0.15, 0.2) is 39.4 Å². The van der Waals surface area contributed by atoms with Crippen molar-refractivity contribution in [3.63, 3.8) is 0 Å². The van der Waals surface area contributed by atoms with Gasteiger partial charge in [0.1, 0.15) is 5.52 Å². The van der Waals surface area contributed by atoms with Gasteiger partial charge >= 0.3 is 6.01 Å². The third kappa shape index (κ3) is 1.38. The van der Waals surface area contributed by atoms with E-state index in [2.05, 4.69) is 26.0 Å². The Morgan fingerprint density at radius 3 is 2.81 bits per heavy atom. The Morgan fingerprint density at radius 1 is 1.31 bits per heavy atom. The standard InChI is InChI=1S/C10H7BrN4O/c11-6-5-15(14-9(6)12)10-13-7-3-1-2-4-8(7)16-10/h1-5H,(H2,12,14). The molecule has 2 N–H and O–H groups in total. The van der Waals surface area contributed by atoms with Gasteiger partial charge in [-0.1, -0.05) is 12.1 Å². The molecule has 0 atom stereocenters. The molecule has 0 aliphatic heterocycles. The fraction of sp³-hybridized carbons (Fsp3) is 0. The van der Waals surface area contributed by atoms with Gasteiger partial charge in [0.2, 0.25) is 0 Å². The third-order valence-electron chi connectivity index (χ3n) is 2.17. The molecule has 0 spiro atoms. The van der Waals surface area contributed by atoms with Crippen LogP contribution >= 0.6 is 15.9 Å². The van der Waals surface area contributed by atoms with Gasteiger partial charge in [-0.25, -0.2) is 0 Å². The summed E-state index contributed by atoms with van der Waals surface area (Å²) in [6.07, 6.45) is 1.71. The molecule has 80 valence electrons. The molecule has 2 aromatic heterocycles. The van der Waals surface area contributed by atoms with Crippen molar-refractivity contribution >= 4 is 32.8 Å². The van der Waals surface area contributed by atoms with Crippen LogP contribution in [0.5, 0.6) is 0 Å². The van der Waals surface area contributed by atoms with Gasteiger partial charge in [0.15, 0.2) is 11.4 Å². The summed E-state index contributed by atoms with van der Waals surface area (Å²) < 4.78 is 7.75. The maximum atomic E-state index is 5.62. The Balaban J connectivity index is 2.18. The van der Waals surface area contributed by atoms with Gasteiger partial charge in [-0.3, -0.25) is 0 Å². The molecular formula is C10H7BrN4O. The number of benzene rings is 1. The second-order valence-corrected chi connectivity index (χ2v) is 4.13. The topological polar surface area (TPSA) is 69.9 Å². The van der Waals surface area contributed by atoms with Gasteiger partial charge in [0.05, 0.1) is 10.7 Å². The number of aromatic nitrogens is 3. The Labute approximate surface area is 99.0 Å². The zero-order chi connectivity index (χ0) is 11.1. The van der Waals surface area contributed by atoms with E-state index in [0.717, 1.165) is 15.6 Å². The number of halogens is 1. The number of oxazole rings is 1. The van der Waals surface area contributed by atoms with Crippen molar-refractivity contribution in [2.24, 2.45) is 0 Å². The fourth-order valence-electron chi connectivity index (χ4n) is 1.42. The highest BCUT2D eigenvalue weighted by Gasteiger charge is 2.10. The van der Waals surface area contributed by atoms with Gasteiger partial charge in [0.25, 0.3) is 0 Å². The SMILES string of the molecule is Nc1nn(-c2nc3ccccc3o2)cc1Br. The van der Waals surface area contributed by atoms with E-state index in [0.29, 0.717) is 11.8 Å². The first kappa shape index (κ1) is 9.41. The van der Waals surface area contributed by atoms with E-state index >= 15 is 0 Å². The van der Waals surface area contributed by atoms with Gasteiger partial charge in [-0.2, -0.15) is 9.67 Å². The minimum absolute atomic E-state index is 0.401. The van der Waals surface area contributed by atoms with Crippen LogP contribution in [-0.2, 0) is 0 Å². The Hall–Kier alpha value is -1.82. The minimum Gasteiger partial charge on any atom is -0.422 e. The van der Waals surface area contributed by atoms with E-state index < -0.39 is 0 Å². The predicted molar refractivity (Wildman–Crippen MR) is 63.2 cm³/mol. The van der Waals surface area contributed by atoms with Crippen LogP contribution in [0.3, 0.4) is 0 Å². The molecule has 2 heterocycles. The first-order chi connectivity index (χ1) is 7.74. The Bertz CT molecular complexity index is 605. The number of hydrogen-bond acceptors (Lipinski definition) is 4. The number of anilines is 1. The van der Waals surface area contributed by atoms with Gasteiger partial charge in [-0.15, -0.1) is 5.10 Å². The average molecular weight is 279 g/mol. The number of para-hydroxylation sites is 2. The lowest BCUT2D eigenvalue weighted by Gasteiger charge is -1.89. The number of nitrogens with two attached hydrogens (primary N) is 1. The van der Waals surface area contributed by atoms with E-state index in [1.807, 2.05) is 24.3 Å². The van der Waals surface area contributed by atoms with Gasteiger partial charge < -0.3 is 10.2 Å². The molecule has 0 aliphatic carbocycles. The second-order valence-electron chi connectivity index (χ2n) is 3.27. The smallest absolute Gasteiger partial charge is 0.323 e. The summed E-state index contributed by atoms with van der Waals surface area (Å²) in [6.45, 7) is 0. The number of nitrogen functional groups attached to an aromatic ring is 1. The van der Waals surface area contributed by atoms with Crippen molar-refractivity contribution in [1.82, 2.24) is 14.8 Å². The monoisotopic (exact) mass is 278 g/mol. The molecule has 0 aliphatic rings. The Morgan fingerprint density at radius 2 is 2.12 bits per heavy atom. The molecule has 3 rings (SSSR count). The molecule has 16 heavy (non-hydrogen) atoms. The van der Waals surface area contributed by atoms with Crippen LogP contribution in [0.2, 0.25) is 0 Å². The molecule has 1 aromatic carbocycles. The highest BCUT2D eigenvalue weighted by molar-refractivity contribution is 9.10. The molecule has 0 saturated heterocycles. The lowest BCUT2D eigenvalue weighted by Crippen LogP contribution is -1.95. The van der Waals surface area contributed by atoms with Crippen LogP contribution in [-0.4, -0.2) is 14.8 Å². The zero-order valence-corrected chi connectivity index (χ0v) is 9.68. The maximum Gasteiger partial charge on any atom is 0.323 e. The van der Waals surface area contributed by atoms with E-state index in [-0.39, 0.29) is 0 Å². The zero-order valence-electron chi connectivity index (χ0n) is 8.09. The van der Waals surface area contributed by atoms with Crippen molar-refractivity contribution in [3.8, 4) is 6.01 Å². The Kier molecular flexibility index (Phi) is 1.97. The van der Waals surface area contributed by atoms with E-state index in [9.17, 15) is 0 Å². The van der Waals surface area contributed by atoms with Crippen molar-refractivity contribution in [3.05, 3.63) is 34.9 Å². The number of nitrogens with zero attached hydrogens (tertiary/aromatic N) is 3. The first-order valence-electron chi connectivity index (χ1n) is 4.60. The van der Waals surface area contributed by atoms with E-state index in [1.165, 1.54) is 4.68 Å². The van der Waals surface area contributed by atoms with Crippen LogP contribution < -0.4 is 5.73 Å². The van der Waals surface area contributed by atoms with E-state index in [4.69, 9.17) is 10.2 Å². The summed E-state index contributed by atoms with van der Waals surface area (Å²) >= 11 is 3.28. The molecule has 5 nitrogen and oxygen atoms in total.